The number of aromatic amines is 1. The lowest BCUT2D eigenvalue weighted by atomic mass is 10.0. The summed E-state index contributed by atoms with van der Waals surface area (Å²) in [5.41, 5.74) is 4.23. The van der Waals surface area contributed by atoms with Gasteiger partial charge in [0.1, 0.15) is 0 Å². The summed E-state index contributed by atoms with van der Waals surface area (Å²) in [4.78, 5) is 16.6. The quantitative estimate of drug-likeness (QED) is 0.821. The number of pyridine rings is 1. The van der Waals surface area contributed by atoms with Crippen molar-refractivity contribution in [2.24, 2.45) is 0 Å². The highest BCUT2D eigenvalue weighted by Crippen LogP contribution is 2.14. The van der Waals surface area contributed by atoms with Gasteiger partial charge in [-0.2, -0.15) is 0 Å². The minimum Gasteiger partial charge on any atom is -0.326 e. The van der Waals surface area contributed by atoms with Gasteiger partial charge < -0.3 is 9.88 Å². The smallest absolute Gasteiger partial charge is 0.251 e. The Kier molecular flexibility index (Phi) is 3.69. The molecule has 0 saturated heterocycles. The first-order chi connectivity index (χ1) is 6.97. The fraction of sp³-hybridized carbons (Fsp3) is 0.583. The summed E-state index contributed by atoms with van der Waals surface area (Å²) in [5, 5.41) is 0. The van der Waals surface area contributed by atoms with Crippen molar-refractivity contribution >= 4 is 0 Å². The number of rotatable bonds is 3. The van der Waals surface area contributed by atoms with E-state index in [-0.39, 0.29) is 5.56 Å². The molecule has 1 aromatic rings. The van der Waals surface area contributed by atoms with E-state index in [0.29, 0.717) is 0 Å². The third-order valence-electron chi connectivity index (χ3n) is 3.08. The molecule has 1 rings (SSSR count). The van der Waals surface area contributed by atoms with Gasteiger partial charge in [-0.05, 0) is 45.5 Å². The number of H-pyrrole nitrogens is 1. The maximum Gasteiger partial charge on any atom is 0.251 e. The van der Waals surface area contributed by atoms with Gasteiger partial charge in [-0.1, -0.05) is 6.92 Å². The molecule has 0 aliphatic rings. The van der Waals surface area contributed by atoms with E-state index < -0.39 is 0 Å². The summed E-state index contributed by atoms with van der Waals surface area (Å²) in [6, 6.07) is 0. The predicted molar refractivity (Wildman–Crippen MR) is 63.3 cm³/mol. The van der Waals surface area contributed by atoms with Crippen LogP contribution in [0.25, 0.3) is 0 Å². The van der Waals surface area contributed by atoms with Crippen LogP contribution in [0.15, 0.2) is 4.79 Å². The summed E-state index contributed by atoms with van der Waals surface area (Å²) in [5.74, 6) is 0. The number of nitrogens with one attached hydrogen (secondary N) is 1. The Morgan fingerprint density at radius 2 is 1.80 bits per heavy atom. The lowest BCUT2D eigenvalue weighted by molar-refractivity contribution is 0.343. The fourth-order valence-electron chi connectivity index (χ4n) is 1.64. The summed E-state index contributed by atoms with van der Waals surface area (Å²) in [6.07, 6.45) is 0. The minimum atomic E-state index is 0.0351. The lowest BCUT2D eigenvalue weighted by Gasteiger charge is -2.18. The van der Waals surface area contributed by atoms with Crippen LogP contribution in [-0.2, 0) is 6.54 Å². The average Bonchev–Trinajstić information content (AvgIpc) is 2.21. The molecule has 0 fully saturated rings. The Bertz CT molecular complexity index is 407. The van der Waals surface area contributed by atoms with E-state index in [1.807, 2.05) is 20.8 Å². The van der Waals surface area contributed by atoms with Gasteiger partial charge in [0.2, 0.25) is 0 Å². The van der Waals surface area contributed by atoms with E-state index >= 15 is 0 Å². The molecule has 0 radical (unpaired) electrons. The Hall–Kier alpha value is -1.09. The summed E-state index contributed by atoms with van der Waals surface area (Å²) < 4.78 is 0. The van der Waals surface area contributed by atoms with Crippen molar-refractivity contribution in [1.29, 1.82) is 0 Å². The van der Waals surface area contributed by atoms with Crippen molar-refractivity contribution in [3.63, 3.8) is 0 Å². The van der Waals surface area contributed by atoms with E-state index in [4.69, 9.17) is 0 Å². The van der Waals surface area contributed by atoms with Crippen molar-refractivity contribution in [1.82, 2.24) is 9.88 Å². The van der Waals surface area contributed by atoms with Crippen LogP contribution in [0.4, 0.5) is 0 Å². The molecule has 3 heteroatoms. The van der Waals surface area contributed by atoms with Crippen molar-refractivity contribution in [3.05, 3.63) is 32.7 Å². The minimum absolute atomic E-state index is 0.0351. The van der Waals surface area contributed by atoms with Crippen LogP contribution in [0.1, 0.15) is 29.3 Å². The van der Waals surface area contributed by atoms with Crippen molar-refractivity contribution < 1.29 is 0 Å². The van der Waals surface area contributed by atoms with Crippen LogP contribution in [0.2, 0.25) is 0 Å². The zero-order valence-electron chi connectivity index (χ0n) is 10.3. The molecule has 15 heavy (non-hydrogen) atoms. The van der Waals surface area contributed by atoms with Gasteiger partial charge in [-0.25, -0.2) is 0 Å². The average molecular weight is 208 g/mol. The lowest BCUT2D eigenvalue weighted by Crippen LogP contribution is -2.22. The molecule has 0 atom stereocenters. The Morgan fingerprint density at radius 1 is 1.20 bits per heavy atom. The topological polar surface area (TPSA) is 36.1 Å². The second kappa shape index (κ2) is 4.62. The summed E-state index contributed by atoms with van der Waals surface area (Å²) in [6.45, 7) is 9.90. The van der Waals surface area contributed by atoms with Crippen molar-refractivity contribution in [2.45, 2.75) is 34.2 Å². The van der Waals surface area contributed by atoms with Crippen molar-refractivity contribution in [2.75, 3.05) is 13.6 Å². The van der Waals surface area contributed by atoms with Crippen LogP contribution in [0.3, 0.4) is 0 Å². The number of hydrogen-bond acceptors (Lipinski definition) is 2. The molecule has 0 unspecified atom stereocenters. The molecule has 0 saturated carbocycles. The molecular formula is C12H20N2O. The van der Waals surface area contributed by atoms with Gasteiger partial charge >= 0.3 is 0 Å². The molecule has 0 aliphatic carbocycles. The highest BCUT2D eigenvalue weighted by Gasteiger charge is 2.09. The zero-order valence-corrected chi connectivity index (χ0v) is 10.3. The first kappa shape index (κ1) is 12.0. The van der Waals surface area contributed by atoms with Crippen LogP contribution in [-0.4, -0.2) is 23.5 Å². The highest BCUT2D eigenvalue weighted by atomic mass is 16.1. The van der Waals surface area contributed by atoms with Gasteiger partial charge in [0.25, 0.3) is 5.56 Å². The predicted octanol–water partition coefficient (Wildman–Crippen LogP) is 1.75. The highest BCUT2D eigenvalue weighted by molar-refractivity contribution is 5.34. The molecule has 84 valence electrons. The van der Waals surface area contributed by atoms with E-state index in [1.54, 1.807) is 0 Å². The normalized spacial score (nSPS) is 11.1. The van der Waals surface area contributed by atoms with Crippen LogP contribution >= 0.6 is 0 Å². The van der Waals surface area contributed by atoms with Crippen molar-refractivity contribution in [3.8, 4) is 0 Å². The fourth-order valence-corrected chi connectivity index (χ4v) is 1.64. The van der Waals surface area contributed by atoms with E-state index in [2.05, 4.69) is 23.9 Å². The summed E-state index contributed by atoms with van der Waals surface area (Å²) >= 11 is 0. The Morgan fingerprint density at radius 3 is 2.33 bits per heavy atom. The molecule has 0 bridgehead atoms. The van der Waals surface area contributed by atoms with Crippen LogP contribution in [0.5, 0.6) is 0 Å². The molecule has 1 N–H and O–H groups in total. The third kappa shape index (κ3) is 2.48. The second-order valence-corrected chi connectivity index (χ2v) is 4.14. The molecule has 0 spiro atoms. The molecule has 1 heterocycles. The monoisotopic (exact) mass is 208 g/mol. The van der Waals surface area contributed by atoms with Gasteiger partial charge in [-0.15, -0.1) is 0 Å². The van der Waals surface area contributed by atoms with Gasteiger partial charge in [0.15, 0.2) is 0 Å². The standard InChI is InChI=1S/C12H20N2O/c1-6-14(5)7-11-8(2)9(3)12(15)13-10(11)4/h6-7H2,1-5H3,(H,13,15). The SMILES string of the molecule is CCN(C)Cc1c(C)[nH]c(=O)c(C)c1C. The number of aromatic nitrogens is 1. The third-order valence-corrected chi connectivity index (χ3v) is 3.08. The number of aryl methyl sites for hydroxylation is 1. The van der Waals surface area contributed by atoms with Gasteiger partial charge in [0, 0.05) is 17.8 Å². The molecule has 0 aromatic carbocycles. The van der Waals surface area contributed by atoms with Crippen LogP contribution in [0, 0.1) is 20.8 Å². The number of hydrogen-bond donors (Lipinski definition) is 1. The largest absolute Gasteiger partial charge is 0.326 e. The first-order valence-electron chi connectivity index (χ1n) is 5.34. The Balaban J connectivity index is 3.18. The van der Waals surface area contributed by atoms with E-state index in [9.17, 15) is 4.79 Å². The second-order valence-electron chi connectivity index (χ2n) is 4.14. The summed E-state index contributed by atoms with van der Waals surface area (Å²) in [7, 11) is 2.08. The van der Waals surface area contributed by atoms with Crippen LogP contribution < -0.4 is 5.56 Å². The number of nitrogens with zero attached hydrogens (tertiary/aromatic N) is 1. The van der Waals surface area contributed by atoms with E-state index in [0.717, 1.165) is 29.9 Å². The van der Waals surface area contributed by atoms with E-state index in [1.165, 1.54) is 5.56 Å². The molecule has 3 nitrogen and oxygen atoms in total. The van der Waals surface area contributed by atoms with Gasteiger partial charge in [0.05, 0.1) is 0 Å². The molecule has 1 aromatic heterocycles. The molecule has 0 aliphatic heterocycles. The maximum atomic E-state index is 11.5. The maximum absolute atomic E-state index is 11.5. The zero-order chi connectivity index (χ0) is 11.6. The molecular weight excluding hydrogens is 188 g/mol. The molecule has 0 amide bonds. The first-order valence-corrected chi connectivity index (χ1v) is 5.34. The van der Waals surface area contributed by atoms with Gasteiger partial charge in [-0.3, -0.25) is 4.79 Å². The Labute approximate surface area is 91.1 Å².